The van der Waals surface area contributed by atoms with Crippen LogP contribution in [-0.4, -0.2) is 0 Å². The molecule has 0 atom stereocenters. The van der Waals surface area contributed by atoms with Crippen molar-refractivity contribution in [2.24, 2.45) is 0 Å². The van der Waals surface area contributed by atoms with Crippen molar-refractivity contribution in [3.05, 3.63) is 255 Å². The molecule has 12 aromatic rings. The van der Waals surface area contributed by atoms with Crippen molar-refractivity contribution < 1.29 is 0 Å². The minimum absolute atomic E-state index is 0.00172. The first kappa shape index (κ1) is 52.9. The van der Waals surface area contributed by atoms with Crippen LogP contribution in [0.3, 0.4) is 0 Å². The molecule has 0 unspecified atom stereocenters. The van der Waals surface area contributed by atoms with Gasteiger partial charge in [0, 0.05) is 58.3 Å². The summed E-state index contributed by atoms with van der Waals surface area (Å²) in [6, 6.07) is 82.1. The molecule has 0 aliphatic heterocycles. The van der Waals surface area contributed by atoms with Gasteiger partial charge in [-0.25, -0.2) is 0 Å². The predicted octanol–water partition coefficient (Wildman–Crippen LogP) is 23.5. The molecule has 10 aromatic carbocycles. The standard InChI is InChI=1S/C75H66IN3S2/c1-47-34-39-54(77(52-40-35-50(36-41-52)73(3,4)5)64-28-18-15-24-55(64)49-22-12-11-13-23-49)44-66(47)79(65-31-21-33-68-70(65)57-26-16-19-32-67(57)80-68)63-30-20-29-62(48(63)2)78(53-42-37-51(38-43-53)74(6,7)8)71-59-45-58-56-25-14-17-27-60(56)75(9,10)61(58)46-69(59)81-72(71)76/h11-46H,1-10H3. The fourth-order valence-corrected chi connectivity index (χ4v) is 15.7. The zero-order chi connectivity index (χ0) is 56.1. The maximum Gasteiger partial charge on any atom is 0.0906 e. The van der Waals surface area contributed by atoms with E-state index in [-0.39, 0.29) is 16.2 Å². The molecule has 3 nitrogen and oxygen atoms in total. The van der Waals surface area contributed by atoms with E-state index in [1.807, 2.05) is 22.7 Å². The van der Waals surface area contributed by atoms with Gasteiger partial charge < -0.3 is 14.7 Å². The van der Waals surface area contributed by atoms with E-state index < -0.39 is 0 Å². The summed E-state index contributed by atoms with van der Waals surface area (Å²) in [7, 11) is 0. The molecule has 0 saturated heterocycles. The van der Waals surface area contributed by atoms with Crippen LogP contribution in [0.5, 0.6) is 0 Å². The molecule has 81 heavy (non-hydrogen) atoms. The Hall–Kier alpha value is -7.49. The largest absolute Gasteiger partial charge is 0.310 e. The molecule has 400 valence electrons. The van der Waals surface area contributed by atoms with Gasteiger partial charge in [0.05, 0.1) is 37.0 Å². The second-order valence-electron chi connectivity index (χ2n) is 24.4. The van der Waals surface area contributed by atoms with Gasteiger partial charge in [0.2, 0.25) is 0 Å². The van der Waals surface area contributed by atoms with E-state index in [9.17, 15) is 0 Å². The van der Waals surface area contributed by atoms with Gasteiger partial charge in [-0.2, -0.15) is 0 Å². The third kappa shape index (κ3) is 9.15. The van der Waals surface area contributed by atoms with Crippen LogP contribution in [0.1, 0.15) is 88.8 Å². The number of anilines is 9. The summed E-state index contributed by atoms with van der Waals surface area (Å²) in [6.45, 7) is 23.2. The van der Waals surface area contributed by atoms with E-state index in [1.54, 1.807) is 0 Å². The van der Waals surface area contributed by atoms with E-state index in [1.165, 1.54) is 94.5 Å². The molecule has 0 fully saturated rings. The van der Waals surface area contributed by atoms with E-state index >= 15 is 0 Å². The van der Waals surface area contributed by atoms with Crippen LogP contribution in [0.4, 0.5) is 51.2 Å². The number of para-hydroxylation sites is 1. The molecular formula is C75H66IN3S2. The predicted molar refractivity (Wildman–Crippen MR) is 361 cm³/mol. The summed E-state index contributed by atoms with van der Waals surface area (Å²) < 4.78 is 5.09. The minimum Gasteiger partial charge on any atom is -0.310 e. The quantitative estimate of drug-likeness (QED) is 0.126. The molecule has 0 saturated carbocycles. The Bertz CT molecular complexity index is 4380. The Balaban J connectivity index is 1.07. The lowest BCUT2D eigenvalue weighted by atomic mass is 9.82. The van der Waals surface area contributed by atoms with Crippen molar-refractivity contribution in [3.8, 4) is 22.3 Å². The summed E-state index contributed by atoms with van der Waals surface area (Å²) in [6.07, 6.45) is 0. The number of hydrogen-bond acceptors (Lipinski definition) is 5. The molecule has 0 bridgehead atoms. The topological polar surface area (TPSA) is 9.72 Å². The first-order valence-electron chi connectivity index (χ1n) is 28.2. The number of fused-ring (bicyclic) bond motifs is 7. The molecule has 0 N–H and O–H groups in total. The van der Waals surface area contributed by atoms with Crippen molar-refractivity contribution in [2.45, 2.75) is 85.5 Å². The highest BCUT2D eigenvalue weighted by Gasteiger charge is 2.37. The van der Waals surface area contributed by atoms with Crippen LogP contribution < -0.4 is 14.7 Å². The van der Waals surface area contributed by atoms with Gasteiger partial charge in [-0.15, -0.1) is 22.7 Å². The summed E-state index contributed by atoms with van der Waals surface area (Å²) in [5.41, 5.74) is 22.8. The summed E-state index contributed by atoms with van der Waals surface area (Å²) in [5.74, 6) is 0. The SMILES string of the molecule is Cc1ccc(N(c2ccc(C(C)(C)C)cc2)c2ccccc2-c2ccccc2)cc1N(c1cccc(N(c2ccc(C(C)(C)C)cc2)c2c(I)sc3cc4c(cc23)-c2ccccc2C4(C)C)c1C)c1cccc2sc3ccccc3c12. The van der Waals surface area contributed by atoms with Crippen molar-refractivity contribution in [3.63, 3.8) is 0 Å². The van der Waals surface area contributed by atoms with Crippen molar-refractivity contribution in [1.29, 1.82) is 0 Å². The monoisotopic (exact) mass is 1200 g/mol. The van der Waals surface area contributed by atoms with Gasteiger partial charge in [0.15, 0.2) is 0 Å². The molecule has 0 amide bonds. The normalized spacial score (nSPS) is 13.0. The van der Waals surface area contributed by atoms with Gasteiger partial charge in [-0.05, 0) is 182 Å². The van der Waals surface area contributed by atoms with Crippen molar-refractivity contribution >= 4 is 127 Å². The maximum atomic E-state index is 2.63. The number of rotatable bonds is 10. The summed E-state index contributed by atoms with van der Waals surface area (Å²) >= 11 is 6.40. The Morgan fingerprint density at radius 2 is 0.951 bits per heavy atom. The zero-order valence-corrected chi connectivity index (χ0v) is 51.6. The Labute approximate surface area is 499 Å². The average molecular weight is 1200 g/mol. The van der Waals surface area contributed by atoms with Crippen LogP contribution in [0.15, 0.2) is 218 Å². The van der Waals surface area contributed by atoms with Crippen molar-refractivity contribution in [1.82, 2.24) is 0 Å². The van der Waals surface area contributed by atoms with Crippen LogP contribution in [0.2, 0.25) is 0 Å². The Morgan fingerprint density at radius 1 is 0.395 bits per heavy atom. The Kier molecular flexibility index (Phi) is 13.2. The van der Waals surface area contributed by atoms with Crippen LogP contribution in [-0.2, 0) is 16.2 Å². The zero-order valence-electron chi connectivity index (χ0n) is 47.8. The Morgan fingerprint density at radius 3 is 1.65 bits per heavy atom. The van der Waals surface area contributed by atoms with Gasteiger partial charge in [0.25, 0.3) is 0 Å². The molecule has 1 aliphatic rings. The highest BCUT2D eigenvalue weighted by Crippen LogP contribution is 2.56. The van der Waals surface area contributed by atoms with Crippen LogP contribution in [0, 0.1) is 16.7 Å². The minimum atomic E-state index is -0.0994. The molecule has 13 rings (SSSR count). The molecule has 1 aliphatic carbocycles. The fraction of sp³-hybridized carbons (Fsp3) is 0.173. The molecular weight excluding hydrogens is 1130 g/mol. The third-order valence-corrected chi connectivity index (χ3v) is 20.1. The second kappa shape index (κ2) is 20.2. The van der Waals surface area contributed by atoms with Gasteiger partial charge >= 0.3 is 0 Å². The van der Waals surface area contributed by atoms with Gasteiger partial charge in [-0.1, -0.05) is 189 Å². The van der Waals surface area contributed by atoms with Crippen molar-refractivity contribution in [2.75, 3.05) is 14.7 Å². The van der Waals surface area contributed by atoms with E-state index in [0.717, 1.165) is 45.5 Å². The van der Waals surface area contributed by atoms with E-state index in [4.69, 9.17) is 0 Å². The number of benzene rings is 10. The first-order valence-corrected chi connectivity index (χ1v) is 30.9. The lowest BCUT2D eigenvalue weighted by Crippen LogP contribution is -2.18. The highest BCUT2D eigenvalue weighted by atomic mass is 127. The fourth-order valence-electron chi connectivity index (χ4n) is 12.4. The molecule has 6 heteroatoms. The molecule has 2 aromatic heterocycles. The van der Waals surface area contributed by atoms with Crippen LogP contribution >= 0.6 is 45.3 Å². The molecule has 0 spiro atoms. The third-order valence-electron chi connectivity index (χ3n) is 16.8. The highest BCUT2D eigenvalue weighted by molar-refractivity contribution is 14.1. The van der Waals surface area contributed by atoms with Gasteiger partial charge in [0.1, 0.15) is 0 Å². The summed E-state index contributed by atoms with van der Waals surface area (Å²) in [4.78, 5) is 7.60. The number of hydrogen-bond donors (Lipinski definition) is 0. The molecule has 0 radical (unpaired) electrons. The number of nitrogens with zero attached hydrogens (tertiary/aromatic N) is 3. The first-order chi connectivity index (χ1) is 39.0. The molecule has 2 heterocycles. The number of aryl methyl sites for hydroxylation is 1. The average Bonchev–Trinajstić information content (AvgIpc) is 4.00. The number of thiophene rings is 2. The number of halogens is 1. The maximum absolute atomic E-state index is 2.63. The second-order valence-corrected chi connectivity index (χ2v) is 28.4. The smallest absolute Gasteiger partial charge is 0.0906 e. The van der Waals surface area contributed by atoms with Gasteiger partial charge in [-0.3, -0.25) is 0 Å². The van der Waals surface area contributed by atoms with Crippen LogP contribution in [0.25, 0.3) is 52.5 Å². The lowest BCUT2D eigenvalue weighted by Gasteiger charge is -2.34. The van der Waals surface area contributed by atoms with E-state index in [0.29, 0.717) is 0 Å². The lowest BCUT2D eigenvalue weighted by molar-refractivity contribution is 0.590. The summed E-state index contributed by atoms with van der Waals surface area (Å²) in [5, 5.41) is 3.78. The van der Waals surface area contributed by atoms with E-state index in [2.05, 4.69) is 325 Å².